The number of aromatic hydroxyl groups is 1. The Morgan fingerprint density at radius 1 is 1.15 bits per heavy atom. The fourth-order valence-corrected chi connectivity index (χ4v) is 4.36. The quantitative estimate of drug-likeness (QED) is 0.618. The number of carboxylic acid groups (broad SMARTS) is 1. The molecule has 4 rings (SSSR count). The van der Waals surface area contributed by atoms with Crippen LogP contribution in [0.1, 0.15) is 43.0 Å². The van der Waals surface area contributed by atoms with Crippen molar-refractivity contribution in [3.8, 4) is 5.75 Å². The van der Waals surface area contributed by atoms with E-state index in [0.29, 0.717) is 18.5 Å². The van der Waals surface area contributed by atoms with Crippen molar-refractivity contribution in [2.75, 3.05) is 0 Å². The average Bonchev–Trinajstić information content (AvgIpc) is 3.01. The molecule has 0 spiro atoms. The highest BCUT2D eigenvalue weighted by molar-refractivity contribution is 9.10. The van der Waals surface area contributed by atoms with E-state index in [1.807, 2.05) is 18.2 Å². The molecule has 1 aromatic heterocycles. The van der Waals surface area contributed by atoms with Crippen LogP contribution in [-0.2, 0) is 11.3 Å². The second-order valence-electron chi connectivity index (χ2n) is 7.19. The largest absolute Gasteiger partial charge is 0.508 e. The maximum Gasteiger partial charge on any atom is 0.307 e. The third-order valence-electron chi connectivity index (χ3n) is 5.43. The number of halogens is 1. The number of nitrogens with zero attached hydrogens (tertiary/aromatic N) is 2. The molecule has 140 valence electrons. The molecule has 1 heterocycles. The lowest BCUT2D eigenvalue weighted by Gasteiger charge is -2.28. The Morgan fingerprint density at radius 3 is 2.63 bits per heavy atom. The third-order valence-corrected chi connectivity index (χ3v) is 5.96. The highest BCUT2D eigenvalue weighted by Crippen LogP contribution is 2.39. The average molecular weight is 429 g/mol. The number of rotatable bonds is 4. The molecule has 0 saturated heterocycles. The lowest BCUT2D eigenvalue weighted by atomic mass is 9.78. The van der Waals surface area contributed by atoms with Crippen LogP contribution in [0.3, 0.4) is 0 Å². The van der Waals surface area contributed by atoms with Gasteiger partial charge in [-0.05, 0) is 42.7 Å². The molecule has 3 aromatic rings. The van der Waals surface area contributed by atoms with Gasteiger partial charge in [0.15, 0.2) is 0 Å². The molecule has 1 fully saturated rings. The number of carbonyl (C=O) groups is 1. The molecule has 0 aliphatic heterocycles. The molecule has 2 aromatic carbocycles. The maximum atomic E-state index is 11.8. The highest BCUT2D eigenvalue weighted by Gasteiger charge is 2.35. The van der Waals surface area contributed by atoms with Gasteiger partial charge in [-0.1, -0.05) is 40.9 Å². The number of phenolic OH excluding ortho intramolecular Hbond substituents is 1. The summed E-state index contributed by atoms with van der Waals surface area (Å²) in [4.78, 5) is 16.6. The number of phenols is 1. The van der Waals surface area contributed by atoms with Crippen molar-refractivity contribution in [1.82, 2.24) is 9.55 Å². The zero-order valence-electron chi connectivity index (χ0n) is 14.8. The summed E-state index contributed by atoms with van der Waals surface area (Å²) < 4.78 is 3.13. The first kappa shape index (κ1) is 18.0. The Kier molecular flexibility index (Phi) is 4.91. The van der Waals surface area contributed by atoms with Gasteiger partial charge in [0.05, 0.1) is 17.0 Å². The van der Waals surface area contributed by atoms with Crippen LogP contribution in [0.5, 0.6) is 5.75 Å². The van der Waals surface area contributed by atoms with Gasteiger partial charge in [-0.3, -0.25) is 4.79 Å². The fraction of sp³-hybridized carbons (Fsp3) is 0.333. The van der Waals surface area contributed by atoms with Crippen molar-refractivity contribution in [2.24, 2.45) is 5.92 Å². The van der Waals surface area contributed by atoms with Crippen molar-refractivity contribution >= 4 is 32.9 Å². The highest BCUT2D eigenvalue weighted by atomic mass is 79.9. The molecule has 0 unspecified atom stereocenters. The van der Waals surface area contributed by atoms with Crippen LogP contribution < -0.4 is 0 Å². The summed E-state index contributed by atoms with van der Waals surface area (Å²) in [7, 11) is 0. The second-order valence-corrected chi connectivity index (χ2v) is 8.11. The summed E-state index contributed by atoms with van der Waals surface area (Å²) in [5, 5.41) is 19.6. The number of aliphatic carboxylic acids is 1. The van der Waals surface area contributed by atoms with Gasteiger partial charge in [0.2, 0.25) is 0 Å². The van der Waals surface area contributed by atoms with E-state index in [1.165, 1.54) is 0 Å². The summed E-state index contributed by atoms with van der Waals surface area (Å²) in [5.41, 5.74) is 2.74. The van der Waals surface area contributed by atoms with E-state index in [2.05, 4.69) is 32.6 Å². The van der Waals surface area contributed by atoms with Crippen LogP contribution >= 0.6 is 15.9 Å². The minimum atomic E-state index is -0.746. The van der Waals surface area contributed by atoms with Crippen LogP contribution in [-0.4, -0.2) is 25.7 Å². The van der Waals surface area contributed by atoms with E-state index < -0.39 is 11.9 Å². The normalized spacial score (nSPS) is 20.0. The molecule has 1 aliphatic carbocycles. The minimum Gasteiger partial charge on any atom is -0.508 e. The second kappa shape index (κ2) is 7.35. The van der Waals surface area contributed by atoms with E-state index in [0.717, 1.165) is 40.6 Å². The summed E-state index contributed by atoms with van der Waals surface area (Å²) in [5.74, 6) is -0.287. The van der Waals surface area contributed by atoms with Crippen molar-refractivity contribution in [3.05, 3.63) is 58.3 Å². The Hall–Kier alpha value is -2.34. The van der Waals surface area contributed by atoms with E-state index in [1.54, 1.807) is 12.1 Å². The zero-order valence-corrected chi connectivity index (χ0v) is 16.4. The lowest BCUT2D eigenvalue weighted by Crippen LogP contribution is -2.27. The van der Waals surface area contributed by atoms with Crippen LogP contribution in [0.4, 0.5) is 0 Å². The molecule has 5 nitrogen and oxygen atoms in total. The van der Waals surface area contributed by atoms with E-state index in [9.17, 15) is 15.0 Å². The van der Waals surface area contributed by atoms with Crippen molar-refractivity contribution < 1.29 is 15.0 Å². The number of aromatic nitrogens is 2. The SMILES string of the molecule is O=C(O)[C@@H]1CCCC[C@@H]1c1nc2cc(O)ccc2n1Cc1ccc(Br)cc1. The van der Waals surface area contributed by atoms with Crippen molar-refractivity contribution in [3.63, 3.8) is 0 Å². The first-order chi connectivity index (χ1) is 13.0. The van der Waals surface area contributed by atoms with Gasteiger partial charge < -0.3 is 14.8 Å². The molecular weight excluding hydrogens is 408 g/mol. The number of benzene rings is 2. The number of imidazole rings is 1. The first-order valence-corrected chi connectivity index (χ1v) is 9.98. The van der Waals surface area contributed by atoms with Gasteiger partial charge in [0.25, 0.3) is 0 Å². The summed E-state index contributed by atoms with van der Waals surface area (Å²) in [6.45, 7) is 0.618. The summed E-state index contributed by atoms with van der Waals surface area (Å²) in [6.07, 6.45) is 3.47. The Bertz CT molecular complexity index is 981. The predicted molar refractivity (Wildman–Crippen MR) is 107 cm³/mol. The van der Waals surface area contributed by atoms with Crippen LogP contribution in [0.2, 0.25) is 0 Å². The molecule has 1 aliphatic rings. The number of hydrogen-bond acceptors (Lipinski definition) is 3. The monoisotopic (exact) mass is 428 g/mol. The van der Waals surface area contributed by atoms with Gasteiger partial charge in [-0.2, -0.15) is 0 Å². The molecule has 6 heteroatoms. The Morgan fingerprint density at radius 2 is 1.89 bits per heavy atom. The molecule has 27 heavy (non-hydrogen) atoms. The van der Waals surface area contributed by atoms with E-state index in [-0.39, 0.29) is 11.7 Å². The molecule has 0 radical (unpaired) electrons. The first-order valence-electron chi connectivity index (χ1n) is 9.19. The molecular formula is C21H21BrN2O3. The van der Waals surface area contributed by atoms with Gasteiger partial charge >= 0.3 is 5.97 Å². The van der Waals surface area contributed by atoms with Gasteiger partial charge in [0, 0.05) is 23.0 Å². The number of fused-ring (bicyclic) bond motifs is 1. The number of carboxylic acids is 1. The lowest BCUT2D eigenvalue weighted by molar-refractivity contribution is -0.143. The van der Waals surface area contributed by atoms with Crippen LogP contribution in [0.15, 0.2) is 46.9 Å². The molecule has 1 saturated carbocycles. The van der Waals surface area contributed by atoms with Gasteiger partial charge in [-0.15, -0.1) is 0 Å². The van der Waals surface area contributed by atoms with Crippen LogP contribution in [0.25, 0.3) is 11.0 Å². The standard InChI is InChI=1S/C21H21BrN2O3/c22-14-7-5-13(6-8-14)12-24-19-10-9-15(25)11-18(19)23-20(24)16-3-1-2-4-17(16)21(26)27/h5-11,16-17,25H,1-4,12H2,(H,26,27)/t16-,17+/m0/s1. The van der Waals surface area contributed by atoms with E-state index >= 15 is 0 Å². The summed E-state index contributed by atoms with van der Waals surface area (Å²) in [6, 6.07) is 13.3. The number of hydrogen-bond donors (Lipinski definition) is 2. The molecule has 0 amide bonds. The predicted octanol–water partition coefficient (Wildman–Crippen LogP) is 4.91. The molecule has 0 bridgehead atoms. The van der Waals surface area contributed by atoms with Crippen LogP contribution in [0, 0.1) is 5.92 Å². The maximum absolute atomic E-state index is 11.8. The smallest absolute Gasteiger partial charge is 0.307 e. The third kappa shape index (κ3) is 3.58. The zero-order chi connectivity index (χ0) is 19.0. The van der Waals surface area contributed by atoms with Gasteiger partial charge in [0.1, 0.15) is 11.6 Å². The van der Waals surface area contributed by atoms with E-state index in [4.69, 9.17) is 4.98 Å². The Labute approximate surface area is 165 Å². The minimum absolute atomic E-state index is 0.110. The molecule has 2 N–H and O–H groups in total. The topological polar surface area (TPSA) is 75.3 Å². The Balaban J connectivity index is 1.83. The summed E-state index contributed by atoms with van der Waals surface area (Å²) >= 11 is 3.46. The fourth-order valence-electron chi connectivity index (χ4n) is 4.09. The molecule has 2 atom stereocenters. The van der Waals surface area contributed by atoms with Crippen molar-refractivity contribution in [1.29, 1.82) is 0 Å². The van der Waals surface area contributed by atoms with Crippen molar-refractivity contribution in [2.45, 2.75) is 38.1 Å². The van der Waals surface area contributed by atoms with Gasteiger partial charge in [-0.25, -0.2) is 4.98 Å².